The molecule has 0 radical (unpaired) electrons. The van der Waals surface area contributed by atoms with Crippen molar-refractivity contribution < 1.29 is 4.74 Å². The second kappa shape index (κ2) is 9.01. The van der Waals surface area contributed by atoms with Crippen molar-refractivity contribution in [1.29, 1.82) is 0 Å². The van der Waals surface area contributed by atoms with Crippen LogP contribution in [-0.4, -0.2) is 51.8 Å². The molecule has 1 aliphatic rings. The van der Waals surface area contributed by atoms with Gasteiger partial charge in [-0.2, -0.15) is 0 Å². The molecule has 3 nitrogen and oxygen atoms in total. The van der Waals surface area contributed by atoms with Crippen molar-refractivity contribution >= 4 is 0 Å². The third-order valence-corrected chi connectivity index (χ3v) is 4.68. The molecule has 0 bridgehead atoms. The van der Waals surface area contributed by atoms with Crippen LogP contribution < -0.4 is 5.32 Å². The van der Waals surface area contributed by atoms with Crippen molar-refractivity contribution in [3.8, 4) is 0 Å². The van der Waals surface area contributed by atoms with Crippen LogP contribution in [0.5, 0.6) is 0 Å². The Bertz CT molecular complexity index is 247. The lowest BCUT2D eigenvalue weighted by Gasteiger charge is -2.43. The number of nitrogens with zero attached hydrogens (tertiary/aromatic N) is 1. The highest BCUT2D eigenvalue weighted by Gasteiger charge is 2.35. The Labute approximate surface area is 126 Å². The lowest BCUT2D eigenvalue weighted by Crippen LogP contribution is -2.47. The van der Waals surface area contributed by atoms with Crippen LogP contribution in [-0.2, 0) is 4.74 Å². The first-order chi connectivity index (χ1) is 9.51. The normalized spacial score (nSPS) is 27.4. The summed E-state index contributed by atoms with van der Waals surface area (Å²) in [6.45, 7) is 12.5. The Morgan fingerprint density at radius 1 is 1.30 bits per heavy atom. The van der Waals surface area contributed by atoms with E-state index in [1.54, 1.807) is 7.11 Å². The van der Waals surface area contributed by atoms with Gasteiger partial charge in [-0.1, -0.05) is 33.6 Å². The zero-order chi connectivity index (χ0) is 15.0. The molecule has 3 heteroatoms. The first-order valence-electron chi connectivity index (χ1n) is 8.37. The second-order valence-electron chi connectivity index (χ2n) is 7.33. The van der Waals surface area contributed by atoms with E-state index in [1.165, 1.54) is 38.8 Å². The average Bonchev–Trinajstić information content (AvgIpc) is 2.39. The minimum Gasteiger partial charge on any atom is -0.383 e. The van der Waals surface area contributed by atoms with E-state index in [0.29, 0.717) is 5.41 Å². The molecule has 1 N–H and O–H groups in total. The SMILES string of the molecule is CNCC1(CN(CCOC)CC(C)C)CCC(C)CC1. The molecule has 20 heavy (non-hydrogen) atoms. The quantitative estimate of drug-likeness (QED) is 0.704. The average molecular weight is 284 g/mol. The minimum absolute atomic E-state index is 0.476. The lowest BCUT2D eigenvalue weighted by molar-refractivity contribution is 0.0636. The molecule has 0 aromatic carbocycles. The molecule has 0 spiro atoms. The summed E-state index contributed by atoms with van der Waals surface area (Å²) < 4.78 is 5.30. The second-order valence-corrected chi connectivity index (χ2v) is 7.33. The van der Waals surface area contributed by atoms with Crippen LogP contribution >= 0.6 is 0 Å². The molecular weight excluding hydrogens is 248 g/mol. The Kier molecular flexibility index (Phi) is 8.08. The van der Waals surface area contributed by atoms with E-state index in [0.717, 1.165) is 31.5 Å². The smallest absolute Gasteiger partial charge is 0.0589 e. The summed E-state index contributed by atoms with van der Waals surface area (Å²) in [7, 11) is 3.90. The Hall–Kier alpha value is -0.120. The summed E-state index contributed by atoms with van der Waals surface area (Å²) in [5.74, 6) is 1.64. The van der Waals surface area contributed by atoms with E-state index < -0.39 is 0 Å². The Balaban J connectivity index is 2.63. The summed E-state index contributed by atoms with van der Waals surface area (Å²) in [4.78, 5) is 2.63. The maximum absolute atomic E-state index is 5.30. The van der Waals surface area contributed by atoms with Gasteiger partial charge in [0.2, 0.25) is 0 Å². The Morgan fingerprint density at radius 2 is 1.95 bits per heavy atom. The molecular formula is C17H36N2O. The van der Waals surface area contributed by atoms with Gasteiger partial charge in [0.15, 0.2) is 0 Å². The van der Waals surface area contributed by atoms with Gasteiger partial charge in [-0.3, -0.25) is 0 Å². The van der Waals surface area contributed by atoms with Crippen molar-refractivity contribution in [3.05, 3.63) is 0 Å². The lowest BCUT2D eigenvalue weighted by atomic mass is 9.70. The van der Waals surface area contributed by atoms with Gasteiger partial charge >= 0.3 is 0 Å². The zero-order valence-electron chi connectivity index (χ0n) is 14.4. The largest absolute Gasteiger partial charge is 0.383 e. The third kappa shape index (κ3) is 6.11. The molecule has 0 aromatic rings. The van der Waals surface area contributed by atoms with Crippen LogP contribution in [0, 0.1) is 17.3 Å². The molecule has 1 rings (SSSR count). The number of methoxy groups -OCH3 is 1. The van der Waals surface area contributed by atoms with E-state index in [9.17, 15) is 0 Å². The van der Waals surface area contributed by atoms with E-state index in [2.05, 4.69) is 38.0 Å². The van der Waals surface area contributed by atoms with Gasteiger partial charge in [-0.15, -0.1) is 0 Å². The first kappa shape index (κ1) is 17.9. The molecule has 0 atom stereocenters. The van der Waals surface area contributed by atoms with Crippen LogP contribution in [0.25, 0.3) is 0 Å². The predicted octanol–water partition coefficient (Wildman–Crippen LogP) is 3.01. The van der Waals surface area contributed by atoms with Gasteiger partial charge in [-0.05, 0) is 37.1 Å². The van der Waals surface area contributed by atoms with E-state index in [1.807, 2.05) is 0 Å². The highest BCUT2D eigenvalue weighted by molar-refractivity contribution is 4.89. The van der Waals surface area contributed by atoms with Crippen molar-refractivity contribution in [2.24, 2.45) is 17.3 Å². The predicted molar refractivity (Wildman–Crippen MR) is 87.1 cm³/mol. The fourth-order valence-electron chi connectivity index (χ4n) is 3.59. The molecule has 1 fully saturated rings. The highest BCUT2D eigenvalue weighted by Crippen LogP contribution is 2.39. The molecule has 0 amide bonds. The molecule has 0 aliphatic heterocycles. The Morgan fingerprint density at radius 3 is 2.45 bits per heavy atom. The highest BCUT2D eigenvalue weighted by atomic mass is 16.5. The van der Waals surface area contributed by atoms with E-state index in [-0.39, 0.29) is 0 Å². The molecule has 0 aromatic heterocycles. The standard InChI is InChI=1S/C17H36N2O/c1-15(2)12-19(10-11-20-5)14-17(13-18-4)8-6-16(3)7-9-17/h15-16,18H,6-14H2,1-5H3. The number of rotatable bonds is 9. The maximum atomic E-state index is 5.30. The molecule has 0 heterocycles. The number of hydrogen-bond acceptors (Lipinski definition) is 3. The fraction of sp³-hybridized carbons (Fsp3) is 1.00. The van der Waals surface area contributed by atoms with Crippen LogP contribution in [0.1, 0.15) is 46.5 Å². The van der Waals surface area contributed by atoms with E-state index in [4.69, 9.17) is 4.74 Å². The third-order valence-electron chi connectivity index (χ3n) is 4.68. The van der Waals surface area contributed by atoms with E-state index >= 15 is 0 Å². The van der Waals surface area contributed by atoms with Crippen molar-refractivity contribution in [1.82, 2.24) is 10.2 Å². The fourth-order valence-corrected chi connectivity index (χ4v) is 3.59. The van der Waals surface area contributed by atoms with Gasteiger partial charge in [0, 0.05) is 33.3 Å². The first-order valence-corrected chi connectivity index (χ1v) is 8.37. The van der Waals surface area contributed by atoms with Crippen molar-refractivity contribution in [2.45, 2.75) is 46.5 Å². The summed E-state index contributed by atoms with van der Waals surface area (Å²) in [5, 5.41) is 3.45. The van der Waals surface area contributed by atoms with Gasteiger partial charge in [0.05, 0.1) is 6.61 Å². The summed E-state index contributed by atoms with van der Waals surface area (Å²) in [6.07, 6.45) is 5.52. The maximum Gasteiger partial charge on any atom is 0.0589 e. The summed E-state index contributed by atoms with van der Waals surface area (Å²) in [5.41, 5.74) is 0.476. The summed E-state index contributed by atoms with van der Waals surface area (Å²) in [6, 6.07) is 0. The van der Waals surface area contributed by atoms with Crippen molar-refractivity contribution in [2.75, 3.05) is 46.9 Å². The molecule has 1 aliphatic carbocycles. The van der Waals surface area contributed by atoms with Gasteiger partial charge < -0.3 is 15.0 Å². The molecule has 1 saturated carbocycles. The number of hydrogen-bond donors (Lipinski definition) is 1. The minimum atomic E-state index is 0.476. The van der Waals surface area contributed by atoms with Crippen LogP contribution in [0.2, 0.25) is 0 Å². The van der Waals surface area contributed by atoms with Crippen LogP contribution in [0.4, 0.5) is 0 Å². The molecule has 0 unspecified atom stereocenters. The monoisotopic (exact) mass is 284 g/mol. The van der Waals surface area contributed by atoms with Crippen molar-refractivity contribution in [3.63, 3.8) is 0 Å². The summed E-state index contributed by atoms with van der Waals surface area (Å²) >= 11 is 0. The van der Waals surface area contributed by atoms with Gasteiger partial charge in [0.25, 0.3) is 0 Å². The van der Waals surface area contributed by atoms with Crippen LogP contribution in [0.3, 0.4) is 0 Å². The topological polar surface area (TPSA) is 24.5 Å². The zero-order valence-corrected chi connectivity index (χ0v) is 14.4. The van der Waals surface area contributed by atoms with Gasteiger partial charge in [-0.25, -0.2) is 0 Å². The molecule has 0 saturated heterocycles. The number of ether oxygens (including phenoxy) is 1. The van der Waals surface area contributed by atoms with Crippen LogP contribution in [0.15, 0.2) is 0 Å². The van der Waals surface area contributed by atoms with Gasteiger partial charge in [0.1, 0.15) is 0 Å². The molecule has 120 valence electrons. The number of nitrogens with one attached hydrogen (secondary N) is 1.